The van der Waals surface area contributed by atoms with Crippen LogP contribution in [0.15, 0.2) is 40.5 Å². The minimum Gasteiger partial charge on any atom is -0.444 e. The highest BCUT2D eigenvalue weighted by Gasteiger charge is 2.31. The van der Waals surface area contributed by atoms with Gasteiger partial charge in [0.25, 0.3) is 0 Å². The smallest absolute Gasteiger partial charge is 0.407 e. The van der Waals surface area contributed by atoms with E-state index in [1.165, 1.54) is 11.8 Å². The van der Waals surface area contributed by atoms with E-state index in [9.17, 15) is 4.79 Å². The molecule has 0 atom stereocenters. The van der Waals surface area contributed by atoms with Crippen LogP contribution in [-0.2, 0) is 4.74 Å². The number of rotatable bonds is 5. The maximum atomic E-state index is 12.0. The van der Waals surface area contributed by atoms with Crippen LogP contribution in [0.25, 0.3) is 11.2 Å². The molecule has 0 radical (unpaired) electrons. The number of piperidine rings is 1. The lowest BCUT2D eigenvalue weighted by atomic mass is 9.80. The van der Waals surface area contributed by atoms with Crippen LogP contribution in [0.5, 0.6) is 0 Å². The summed E-state index contributed by atoms with van der Waals surface area (Å²) in [7, 11) is 0. The fourth-order valence-electron chi connectivity index (χ4n) is 3.77. The molecule has 4 heterocycles. The van der Waals surface area contributed by atoms with Gasteiger partial charge in [-0.1, -0.05) is 30.3 Å². The number of alkyl carbamates (subject to hydrolysis) is 1. The zero-order chi connectivity index (χ0) is 25.2. The van der Waals surface area contributed by atoms with Gasteiger partial charge in [0, 0.05) is 30.7 Å². The summed E-state index contributed by atoms with van der Waals surface area (Å²) >= 11 is 7.66. The SMILES string of the molecule is CC1(CNC(=O)OC(C)(C)C)CCN(c2cnc3nc(Sc4ccnc(N)c4Cl)ccc3n2)CC1. The zero-order valence-corrected chi connectivity index (χ0v) is 21.9. The van der Waals surface area contributed by atoms with Crippen molar-refractivity contribution in [2.75, 3.05) is 30.3 Å². The highest BCUT2D eigenvalue weighted by atomic mass is 35.5. The minimum absolute atomic E-state index is 0.00296. The first-order chi connectivity index (χ1) is 16.5. The molecule has 0 aliphatic carbocycles. The molecule has 11 heteroatoms. The Morgan fingerprint density at radius 3 is 2.69 bits per heavy atom. The number of hydrogen-bond acceptors (Lipinski definition) is 9. The van der Waals surface area contributed by atoms with Crippen LogP contribution in [0.1, 0.15) is 40.5 Å². The summed E-state index contributed by atoms with van der Waals surface area (Å²) in [6.07, 6.45) is 4.86. The van der Waals surface area contributed by atoms with Crippen molar-refractivity contribution in [3.8, 4) is 0 Å². The van der Waals surface area contributed by atoms with Gasteiger partial charge in [0.2, 0.25) is 0 Å². The number of carbonyl (C=O) groups is 1. The highest BCUT2D eigenvalue weighted by molar-refractivity contribution is 7.99. The number of carbonyl (C=O) groups excluding carboxylic acids is 1. The number of halogens is 1. The maximum absolute atomic E-state index is 12.0. The van der Waals surface area contributed by atoms with E-state index in [0.29, 0.717) is 23.0 Å². The van der Waals surface area contributed by atoms with Crippen LogP contribution >= 0.6 is 23.4 Å². The summed E-state index contributed by atoms with van der Waals surface area (Å²) in [5.41, 5.74) is 6.59. The molecule has 3 aromatic rings. The van der Waals surface area contributed by atoms with Crippen molar-refractivity contribution in [2.24, 2.45) is 5.41 Å². The molecule has 0 unspecified atom stereocenters. The predicted octanol–water partition coefficient (Wildman–Crippen LogP) is 4.94. The summed E-state index contributed by atoms with van der Waals surface area (Å²) in [6, 6.07) is 5.61. The van der Waals surface area contributed by atoms with Gasteiger partial charge in [-0.3, -0.25) is 0 Å². The molecular weight excluding hydrogens is 486 g/mol. The minimum atomic E-state index is -0.502. The molecule has 0 bridgehead atoms. The van der Waals surface area contributed by atoms with Gasteiger partial charge in [-0.2, -0.15) is 0 Å². The van der Waals surface area contributed by atoms with E-state index in [-0.39, 0.29) is 11.5 Å². The van der Waals surface area contributed by atoms with Gasteiger partial charge < -0.3 is 20.7 Å². The Balaban J connectivity index is 1.38. The molecule has 1 saturated heterocycles. The summed E-state index contributed by atoms with van der Waals surface area (Å²) in [5.74, 6) is 1.12. The third kappa shape index (κ3) is 6.43. The first kappa shape index (κ1) is 25.2. The van der Waals surface area contributed by atoms with E-state index < -0.39 is 5.60 Å². The number of ether oxygens (including phenoxy) is 1. The lowest BCUT2D eigenvalue weighted by molar-refractivity contribution is 0.0495. The summed E-state index contributed by atoms with van der Waals surface area (Å²) in [6.45, 7) is 10.0. The monoisotopic (exact) mass is 515 g/mol. The quantitative estimate of drug-likeness (QED) is 0.486. The number of nitrogens with one attached hydrogen (secondary N) is 1. The van der Waals surface area contributed by atoms with Crippen molar-refractivity contribution in [3.63, 3.8) is 0 Å². The Morgan fingerprint density at radius 2 is 1.97 bits per heavy atom. The van der Waals surface area contributed by atoms with Crippen LogP contribution in [0, 0.1) is 5.41 Å². The maximum Gasteiger partial charge on any atom is 0.407 e. The number of pyridine rings is 2. The average molecular weight is 516 g/mol. The standard InChI is InChI=1S/C24H30ClN7O2S/c1-23(2,3)34-22(33)29-14-24(4)8-11-32(12-9-24)17-13-28-21-15(30-17)5-6-18(31-21)35-16-7-10-27-20(26)19(16)25/h5-7,10,13H,8-9,11-12,14H2,1-4H3,(H2,26,27)(H,29,33). The first-order valence-corrected chi connectivity index (χ1v) is 12.6. The number of fused-ring (bicyclic) bond motifs is 1. The van der Waals surface area contributed by atoms with Crippen molar-refractivity contribution in [2.45, 2.75) is 56.1 Å². The number of nitrogens with two attached hydrogens (primary N) is 1. The summed E-state index contributed by atoms with van der Waals surface area (Å²) in [5, 5.41) is 4.09. The summed E-state index contributed by atoms with van der Waals surface area (Å²) in [4.78, 5) is 33.0. The second kappa shape index (κ2) is 10.0. The Morgan fingerprint density at radius 1 is 1.23 bits per heavy atom. The zero-order valence-electron chi connectivity index (χ0n) is 20.3. The van der Waals surface area contributed by atoms with Gasteiger partial charge >= 0.3 is 6.09 Å². The number of amides is 1. The van der Waals surface area contributed by atoms with Gasteiger partial charge in [0.05, 0.1) is 11.2 Å². The van der Waals surface area contributed by atoms with E-state index in [4.69, 9.17) is 27.1 Å². The fraction of sp³-hybridized carbons (Fsp3) is 0.458. The third-order valence-corrected chi connectivity index (χ3v) is 7.32. The number of nitrogen functional groups attached to an aromatic ring is 1. The third-order valence-electron chi connectivity index (χ3n) is 5.81. The Labute approximate surface area is 214 Å². The van der Waals surface area contributed by atoms with Crippen molar-refractivity contribution in [1.82, 2.24) is 25.3 Å². The number of aromatic nitrogens is 4. The Hall–Kier alpha value is -2.85. The molecule has 1 aliphatic rings. The molecule has 1 fully saturated rings. The molecule has 0 spiro atoms. The molecule has 3 aromatic heterocycles. The molecule has 1 aliphatic heterocycles. The highest BCUT2D eigenvalue weighted by Crippen LogP contribution is 2.35. The number of hydrogen-bond donors (Lipinski definition) is 2. The predicted molar refractivity (Wildman–Crippen MR) is 139 cm³/mol. The van der Waals surface area contributed by atoms with Crippen LogP contribution in [0.2, 0.25) is 5.02 Å². The van der Waals surface area contributed by atoms with Gasteiger partial charge in [0.15, 0.2) is 5.65 Å². The summed E-state index contributed by atoms with van der Waals surface area (Å²) < 4.78 is 5.36. The average Bonchev–Trinajstić information content (AvgIpc) is 2.80. The molecule has 0 aromatic carbocycles. The van der Waals surface area contributed by atoms with E-state index in [2.05, 4.69) is 32.1 Å². The Bertz CT molecular complexity index is 1230. The molecule has 186 valence electrons. The number of nitrogens with zero attached hydrogens (tertiary/aromatic N) is 5. The lowest BCUT2D eigenvalue weighted by Gasteiger charge is -2.40. The normalized spacial score (nSPS) is 15.7. The second-order valence-corrected chi connectivity index (χ2v) is 11.4. The van der Waals surface area contributed by atoms with Crippen LogP contribution in [0.3, 0.4) is 0 Å². The topological polar surface area (TPSA) is 119 Å². The lowest BCUT2D eigenvalue weighted by Crippen LogP contribution is -2.46. The van der Waals surface area contributed by atoms with E-state index in [1.807, 2.05) is 32.9 Å². The van der Waals surface area contributed by atoms with Crippen molar-refractivity contribution >= 4 is 52.3 Å². The van der Waals surface area contributed by atoms with Crippen LogP contribution < -0.4 is 16.0 Å². The van der Waals surface area contributed by atoms with Crippen molar-refractivity contribution in [3.05, 3.63) is 35.6 Å². The first-order valence-electron chi connectivity index (χ1n) is 11.4. The molecular formula is C24H30ClN7O2S. The van der Waals surface area contributed by atoms with Crippen LogP contribution in [-0.4, -0.2) is 51.3 Å². The fourth-order valence-corrected chi connectivity index (χ4v) is 4.82. The van der Waals surface area contributed by atoms with Gasteiger partial charge in [-0.15, -0.1) is 0 Å². The van der Waals surface area contributed by atoms with Crippen LogP contribution in [0.4, 0.5) is 16.4 Å². The van der Waals surface area contributed by atoms with Crippen molar-refractivity contribution < 1.29 is 9.53 Å². The molecule has 3 N–H and O–H groups in total. The van der Waals surface area contributed by atoms with E-state index >= 15 is 0 Å². The largest absolute Gasteiger partial charge is 0.444 e. The molecule has 4 rings (SSSR count). The van der Waals surface area contributed by atoms with Crippen molar-refractivity contribution in [1.29, 1.82) is 0 Å². The number of anilines is 2. The van der Waals surface area contributed by atoms with Gasteiger partial charge in [-0.05, 0) is 57.2 Å². The van der Waals surface area contributed by atoms with E-state index in [1.54, 1.807) is 18.5 Å². The molecule has 1 amide bonds. The second-order valence-electron chi connectivity index (χ2n) is 9.98. The van der Waals surface area contributed by atoms with Gasteiger partial charge in [0.1, 0.15) is 27.8 Å². The van der Waals surface area contributed by atoms with E-state index in [0.717, 1.165) is 47.2 Å². The van der Waals surface area contributed by atoms with Gasteiger partial charge in [-0.25, -0.2) is 24.7 Å². The molecule has 0 saturated carbocycles. The molecule has 35 heavy (non-hydrogen) atoms. The Kier molecular flexibility index (Phi) is 7.23. The molecule has 9 nitrogen and oxygen atoms in total.